The lowest BCUT2D eigenvalue weighted by Crippen LogP contribution is -2.12. The quantitative estimate of drug-likeness (QED) is 0.915. The normalized spacial score (nSPS) is 13.3. The molecule has 98 valence electrons. The molecule has 1 aliphatic rings. The molecule has 2 heterocycles. The largest absolute Gasteiger partial charge is 0.495 e. The molecule has 0 radical (unpaired) electrons. The van der Waals surface area contributed by atoms with Crippen LogP contribution in [0.3, 0.4) is 0 Å². The van der Waals surface area contributed by atoms with Crippen molar-refractivity contribution in [3.05, 3.63) is 42.1 Å². The fraction of sp³-hybridized carbons (Fsp3) is 0.267. The summed E-state index contributed by atoms with van der Waals surface area (Å²) in [5, 5.41) is 3.40. The van der Waals surface area contributed by atoms with Crippen LogP contribution in [0.5, 0.6) is 17.4 Å². The highest BCUT2D eigenvalue weighted by Crippen LogP contribution is 2.34. The van der Waals surface area contributed by atoms with Gasteiger partial charge in [-0.2, -0.15) is 0 Å². The summed E-state index contributed by atoms with van der Waals surface area (Å²) in [4.78, 5) is 4.22. The van der Waals surface area contributed by atoms with E-state index >= 15 is 0 Å². The Balaban J connectivity index is 1.86. The molecule has 2 aromatic rings. The van der Waals surface area contributed by atoms with Crippen LogP contribution >= 0.6 is 0 Å². The molecule has 1 N–H and O–H groups in total. The molecule has 19 heavy (non-hydrogen) atoms. The van der Waals surface area contributed by atoms with Crippen LogP contribution in [0.1, 0.15) is 12.0 Å². The van der Waals surface area contributed by atoms with E-state index in [1.54, 1.807) is 19.4 Å². The van der Waals surface area contributed by atoms with E-state index in [-0.39, 0.29) is 0 Å². The van der Waals surface area contributed by atoms with Crippen molar-refractivity contribution in [1.29, 1.82) is 0 Å². The molecule has 0 saturated carbocycles. The van der Waals surface area contributed by atoms with Crippen LogP contribution in [-0.2, 0) is 6.42 Å². The number of hydrogen-bond acceptors (Lipinski definition) is 4. The van der Waals surface area contributed by atoms with Crippen LogP contribution in [0, 0.1) is 0 Å². The van der Waals surface area contributed by atoms with Crippen LogP contribution in [0.25, 0.3) is 0 Å². The maximum Gasteiger partial charge on any atom is 0.219 e. The Morgan fingerprint density at radius 2 is 2.16 bits per heavy atom. The third kappa shape index (κ3) is 2.47. The first-order chi connectivity index (χ1) is 9.36. The second kappa shape index (κ2) is 5.18. The van der Waals surface area contributed by atoms with Crippen LogP contribution in [0.15, 0.2) is 36.5 Å². The number of aryl methyl sites for hydroxylation is 1. The molecule has 1 aromatic heterocycles. The second-order valence-corrected chi connectivity index (χ2v) is 4.46. The Labute approximate surface area is 112 Å². The summed E-state index contributed by atoms with van der Waals surface area (Å²) in [6, 6.07) is 9.76. The zero-order valence-corrected chi connectivity index (χ0v) is 10.8. The minimum atomic E-state index is 0.571. The number of hydrogen-bond donors (Lipinski definition) is 1. The molecule has 0 bridgehead atoms. The molecule has 3 rings (SSSR count). The molecule has 1 aromatic carbocycles. The monoisotopic (exact) mass is 256 g/mol. The fourth-order valence-corrected chi connectivity index (χ4v) is 2.22. The number of ether oxygens (including phenoxy) is 2. The van der Waals surface area contributed by atoms with Crippen molar-refractivity contribution in [1.82, 2.24) is 4.98 Å². The van der Waals surface area contributed by atoms with Crippen molar-refractivity contribution in [2.45, 2.75) is 12.8 Å². The number of benzene rings is 1. The van der Waals surface area contributed by atoms with E-state index in [1.807, 2.05) is 18.2 Å². The molecule has 1 aliphatic heterocycles. The van der Waals surface area contributed by atoms with Crippen molar-refractivity contribution in [2.75, 3.05) is 19.0 Å². The van der Waals surface area contributed by atoms with E-state index in [2.05, 4.69) is 16.4 Å². The number of nitrogens with one attached hydrogen (secondary N) is 1. The summed E-state index contributed by atoms with van der Waals surface area (Å²) < 4.78 is 10.9. The number of rotatable bonds is 3. The van der Waals surface area contributed by atoms with Gasteiger partial charge in [0.1, 0.15) is 5.75 Å². The van der Waals surface area contributed by atoms with Gasteiger partial charge in [0.05, 0.1) is 19.0 Å². The SMILES string of the molecule is COc1ccc(Oc2cccc3c2NCCC3)nc1. The van der Waals surface area contributed by atoms with Gasteiger partial charge in [0.25, 0.3) is 0 Å². The van der Waals surface area contributed by atoms with Gasteiger partial charge in [0.2, 0.25) is 5.88 Å². The lowest BCUT2D eigenvalue weighted by Gasteiger charge is -2.20. The highest BCUT2D eigenvalue weighted by molar-refractivity contribution is 5.64. The van der Waals surface area contributed by atoms with E-state index < -0.39 is 0 Å². The molecular weight excluding hydrogens is 240 g/mol. The molecule has 0 saturated heterocycles. The summed E-state index contributed by atoms with van der Waals surface area (Å²) in [6.07, 6.45) is 3.91. The topological polar surface area (TPSA) is 43.4 Å². The summed E-state index contributed by atoms with van der Waals surface area (Å²) in [7, 11) is 1.62. The predicted octanol–water partition coefficient (Wildman–Crippen LogP) is 3.24. The Morgan fingerprint density at radius 3 is 2.95 bits per heavy atom. The predicted molar refractivity (Wildman–Crippen MR) is 74.1 cm³/mol. The first kappa shape index (κ1) is 11.8. The number of anilines is 1. The zero-order chi connectivity index (χ0) is 13.1. The minimum absolute atomic E-state index is 0.571. The van der Waals surface area contributed by atoms with Gasteiger partial charge in [-0.1, -0.05) is 12.1 Å². The van der Waals surface area contributed by atoms with Gasteiger partial charge in [-0.15, -0.1) is 0 Å². The number of methoxy groups -OCH3 is 1. The van der Waals surface area contributed by atoms with Crippen molar-refractivity contribution in [3.63, 3.8) is 0 Å². The average molecular weight is 256 g/mol. The summed E-state index contributed by atoms with van der Waals surface area (Å²) in [6.45, 7) is 0.989. The Hall–Kier alpha value is -2.23. The van der Waals surface area contributed by atoms with E-state index in [1.165, 1.54) is 5.56 Å². The van der Waals surface area contributed by atoms with E-state index in [4.69, 9.17) is 9.47 Å². The molecular formula is C15H16N2O2. The third-order valence-electron chi connectivity index (χ3n) is 3.20. The van der Waals surface area contributed by atoms with Gasteiger partial charge < -0.3 is 14.8 Å². The second-order valence-electron chi connectivity index (χ2n) is 4.46. The number of para-hydroxylation sites is 1. The van der Waals surface area contributed by atoms with Crippen molar-refractivity contribution in [2.24, 2.45) is 0 Å². The number of fused-ring (bicyclic) bond motifs is 1. The molecule has 4 nitrogen and oxygen atoms in total. The zero-order valence-electron chi connectivity index (χ0n) is 10.8. The number of aromatic nitrogens is 1. The Kier molecular flexibility index (Phi) is 3.23. The summed E-state index contributed by atoms with van der Waals surface area (Å²) in [5.74, 6) is 2.12. The first-order valence-electron chi connectivity index (χ1n) is 6.40. The molecule has 0 fully saturated rings. The van der Waals surface area contributed by atoms with Crippen molar-refractivity contribution >= 4 is 5.69 Å². The lowest BCUT2D eigenvalue weighted by atomic mass is 10.0. The molecule has 0 spiro atoms. The molecule has 4 heteroatoms. The highest BCUT2D eigenvalue weighted by atomic mass is 16.5. The maximum atomic E-state index is 5.85. The summed E-state index contributed by atoms with van der Waals surface area (Å²) >= 11 is 0. The van der Waals surface area contributed by atoms with Crippen LogP contribution in [0.4, 0.5) is 5.69 Å². The maximum absolute atomic E-state index is 5.85. The molecule has 0 unspecified atom stereocenters. The fourth-order valence-electron chi connectivity index (χ4n) is 2.22. The van der Waals surface area contributed by atoms with Crippen LogP contribution < -0.4 is 14.8 Å². The Morgan fingerprint density at radius 1 is 1.21 bits per heavy atom. The van der Waals surface area contributed by atoms with E-state index in [0.717, 1.165) is 36.6 Å². The van der Waals surface area contributed by atoms with Gasteiger partial charge >= 0.3 is 0 Å². The summed E-state index contributed by atoms with van der Waals surface area (Å²) in [5.41, 5.74) is 2.39. The smallest absolute Gasteiger partial charge is 0.219 e. The number of pyridine rings is 1. The minimum Gasteiger partial charge on any atom is -0.495 e. The molecule has 0 aliphatic carbocycles. The lowest BCUT2D eigenvalue weighted by molar-refractivity contribution is 0.408. The molecule has 0 atom stereocenters. The van der Waals surface area contributed by atoms with Gasteiger partial charge in [-0.05, 0) is 30.5 Å². The van der Waals surface area contributed by atoms with Crippen LogP contribution in [-0.4, -0.2) is 18.6 Å². The van der Waals surface area contributed by atoms with Crippen molar-refractivity contribution < 1.29 is 9.47 Å². The number of nitrogens with zero attached hydrogens (tertiary/aromatic N) is 1. The van der Waals surface area contributed by atoms with Gasteiger partial charge in [0, 0.05) is 12.6 Å². The Bertz CT molecular complexity index is 567. The van der Waals surface area contributed by atoms with Crippen molar-refractivity contribution in [3.8, 4) is 17.4 Å². The third-order valence-corrected chi connectivity index (χ3v) is 3.20. The van der Waals surface area contributed by atoms with Gasteiger partial charge in [0.15, 0.2) is 5.75 Å². The average Bonchev–Trinajstić information content (AvgIpc) is 2.48. The van der Waals surface area contributed by atoms with E-state index in [9.17, 15) is 0 Å². The highest BCUT2D eigenvalue weighted by Gasteiger charge is 2.14. The van der Waals surface area contributed by atoms with Gasteiger partial charge in [-0.3, -0.25) is 0 Å². The standard InChI is InChI=1S/C15H16N2O2/c1-18-12-7-8-14(17-10-12)19-13-6-2-4-11-5-3-9-16-15(11)13/h2,4,6-8,10,16H,3,5,9H2,1H3. The van der Waals surface area contributed by atoms with Crippen LogP contribution in [0.2, 0.25) is 0 Å². The first-order valence-corrected chi connectivity index (χ1v) is 6.40. The van der Waals surface area contributed by atoms with Gasteiger partial charge in [-0.25, -0.2) is 4.98 Å². The molecule has 0 amide bonds. The van der Waals surface area contributed by atoms with E-state index in [0.29, 0.717) is 5.88 Å².